The van der Waals surface area contributed by atoms with E-state index in [0.29, 0.717) is 5.92 Å². The fourth-order valence-electron chi connectivity index (χ4n) is 9.43. The molecule has 5 heteroatoms. The van der Waals surface area contributed by atoms with Gasteiger partial charge in [0, 0.05) is 0 Å². The molecule has 0 spiro atoms. The van der Waals surface area contributed by atoms with Gasteiger partial charge in [-0.05, 0) is 0 Å². The zero-order chi connectivity index (χ0) is 39.9. The van der Waals surface area contributed by atoms with Gasteiger partial charge in [0.2, 0.25) is 0 Å². The molecule has 0 bridgehead atoms. The zero-order valence-corrected chi connectivity index (χ0v) is 40.7. The zero-order valence-electron chi connectivity index (χ0n) is 35.6. The average Bonchev–Trinajstić information content (AvgIpc) is 3.65. The quantitative estimate of drug-likeness (QED) is 0.168. The molecule has 2 aliphatic carbocycles. The van der Waals surface area contributed by atoms with Crippen molar-refractivity contribution in [2.45, 2.75) is 120 Å². The van der Waals surface area contributed by atoms with Crippen LogP contribution in [0.3, 0.4) is 0 Å². The number of fused-ring (bicyclic) bond motifs is 2. The molecule has 6 rings (SSSR count). The summed E-state index contributed by atoms with van der Waals surface area (Å²) in [6.45, 7) is 32.4. The summed E-state index contributed by atoms with van der Waals surface area (Å²) in [4.78, 5) is 0. The van der Waals surface area contributed by atoms with Crippen molar-refractivity contribution in [2.24, 2.45) is 5.92 Å². The molecular formula is C49H63Cl2OSiZr. The van der Waals surface area contributed by atoms with E-state index in [9.17, 15) is 0 Å². The molecule has 0 aromatic heterocycles. The fraction of sp³-hybridized carbons (Fsp3) is 0.429. The van der Waals surface area contributed by atoms with Gasteiger partial charge in [-0.25, -0.2) is 0 Å². The summed E-state index contributed by atoms with van der Waals surface area (Å²) in [5, 5.41) is 0. The van der Waals surface area contributed by atoms with Crippen molar-refractivity contribution in [1.29, 1.82) is 0 Å². The van der Waals surface area contributed by atoms with Gasteiger partial charge in [0.05, 0.1) is 0 Å². The molecular weight excluding hydrogens is 795 g/mol. The molecule has 0 saturated heterocycles. The van der Waals surface area contributed by atoms with Crippen molar-refractivity contribution < 1.29 is 20.3 Å². The standard InChI is InChI=1S/C25H31O.C22H25.C2H7Si.2ClH.Zr/c1-16-12-17-10-9-11-19(20(17)13-16)18-14-21(24(2,3)4)23(26-8)22(15-18)25(5,6)7;1-15(2)18-13-17-7-6-8-20(21(17)14-18)16-9-11-19(12-10-16)22(3,4)5;1-3-2;;;/h9-15H,1-8H3;6-15H,1-5H3;3H,1-2H3;2*1H;/q;;;;;+2/p-2. The summed E-state index contributed by atoms with van der Waals surface area (Å²) in [7, 11) is 19.3. The molecule has 287 valence electrons. The second-order valence-corrected chi connectivity index (χ2v) is 62.5. The van der Waals surface area contributed by atoms with Crippen LogP contribution in [0.2, 0.25) is 13.1 Å². The Morgan fingerprint density at radius 3 is 1.57 bits per heavy atom. The van der Waals surface area contributed by atoms with Crippen molar-refractivity contribution >= 4 is 35.1 Å². The summed E-state index contributed by atoms with van der Waals surface area (Å²) in [5.41, 5.74) is 16.7. The molecule has 0 aliphatic heterocycles. The van der Waals surface area contributed by atoms with E-state index in [-0.39, 0.29) is 23.5 Å². The third-order valence-corrected chi connectivity index (χ3v) is 64.5. The van der Waals surface area contributed by atoms with Gasteiger partial charge >= 0.3 is 339 Å². The number of ether oxygens (including phenoxy) is 1. The molecule has 4 aromatic carbocycles. The summed E-state index contributed by atoms with van der Waals surface area (Å²) in [5.74, 6) is -0.379. The Balaban J connectivity index is 1.57. The molecule has 0 saturated carbocycles. The predicted molar refractivity (Wildman–Crippen MR) is 239 cm³/mol. The van der Waals surface area contributed by atoms with Gasteiger partial charge in [0.15, 0.2) is 0 Å². The van der Waals surface area contributed by atoms with Gasteiger partial charge < -0.3 is 0 Å². The second kappa shape index (κ2) is 14.0. The summed E-state index contributed by atoms with van der Waals surface area (Å²) < 4.78 is 6.25. The fourth-order valence-corrected chi connectivity index (χ4v) is 41.6. The van der Waals surface area contributed by atoms with Crippen LogP contribution >= 0.6 is 17.0 Å². The van der Waals surface area contributed by atoms with Crippen LogP contribution in [0.4, 0.5) is 0 Å². The van der Waals surface area contributed by atoms with E-state index < -0.39 is 21.5 Å². The van der Waals surface area contributed by atoms with E-state index >= 15 is 0 Å². The minimum absolute atomic E-state index is 0.0339. The number of rotatable bonds is 7. The Morgan fingerprint density at radius 1 is 0.648 bits per heavy atom. The number of halogens is 2. The van der Waals surface area contributed by atoms with Gasteiger partial charge in [0.1, 0.15) is 0 Å². The molecule has 1 nitrogen and oxygen atoms in total. The summed E-state index contributed by atoms with van der Waals surface area (Å²) >= 11 is -4.92. The number of allylic oxidation sites excluding steroid dienone is 2. The molecule has 2 aliphatic rings. The van der Waals surface area contributed by atoms with Crippen LogP contribution in [-0.4, -0.2) is 13.0 Å². The predicted octanol–water partition coefficient (Wildman–Crippen LogP) is 15.2. The van der Waals surface area contributed by atoms with Crippen LogP contribution in [0.15, 0.2) is 83.9 Å². The first-order chi connectivity index (χ1) is 24.9. The van der Waals surface area contributed by atoms with Crippen LogP contribution in [0, 0.1) is 5.92 Å². The Labute approximate surface area is 336 Å². The molecule has 0 N–H and O–H groups in total. The van der Waals surface area contributed by atoms with E-state index in [1.54, 1.807) is 0 Å². The Kier molecular flexibility index (Phi) is 10.8. The van der Waals surface area contributed by atoms with Gasteiger partial charge in [-0.3, -0.25) is 0 Å². The van der Waals surface area contributed by atoms with Gasteiger partial charge in [-0.1, -0.05) is 0 Å². The van der Waals surface area contributed by atoms with Crippen molar-refractivity contribution in [1.82, 2.24) is 0 Å². The Bertz CT molecular complexity index is 2130. The van der Waals surface area contributed by atoms with E-state index in [0.717, 1.165) is 5.75 Å². The van der Waals surface area contributed by atoms with Gasteiger partial charge in [-0.15, -0.1) is 0 Å². The van der Waals surface area contributed by atoms with Crippen molar-refractivity contribution in [3.63, 3.8) is 0 Å². The van der Waals surface area contributed by atoms with Crippen LogP contribution in [0.1, 0.15) is 129 Å². The van der Waals surface area contributed by atoms with E-state index in [1.807, 2.05) is 7.11 Å². The molecule has 0 heterocycles. The molecule has 0 amide bonds. The van der Waals surface area contributed by atoms with Crippen molar-refractivity contribution in [2.75, 3.05) is 7.11 Å². The van der Waals surface area contributed by atoms with Crippen LogP contribution in [0.5, 0.6) is 5.75 Å². The summed E-state index contributed by atoms with van der Waals surface area (Å²) in [6, 6.07) is 27.7. The average molecular weight is 858 g/mol. The number of methoxy groups -OCH3 is 1. The number of benzene rings is 4. The van der Waals surface area contributed by atoms with E-state index in [1.165, 1.54) is 72.3 Å². The van der Waals surface area contributed by atoms with Gasteiger partial charge in [0.25, 0.3) is 0 Å². The maximum atomic E-state index is 8.75. The van der Waals surface area contributed by atoms with E-state index in [4.69, 9.17) is 21.8 Å². The van der Waals surface area contributed by atoms with E-state index in [2.05, 4.69) is 181 Å². The summed E-state index contributed by atoms with van der Waals surface area (Å²) in [6.07, 6.45) is 4.92. The third-order valence-electron chi connectivity index (χ3n) is 12.5. The van der Waals surface area contributed by atoms with Crippen molar-refractivity contribution in [3.8, 4) is 28.0 Å². The van der Waals surface area contributed by atoms with Crippen LogP contribution < -0.4 is 4.74 Å². The molecule has 0 radical (unpaired) electrons. The number of hydrogen-bond acceptors (Lipinski definition) is 1. The van der Waals surface area contributed by atoms with Crippen molar-refractivity contribution in [3.05, 3.63) is 123 Å². The first kappa shape index (κ1) is 41.5. The Morgan fingerprint density at radius 2 is 1.13 bits per heavy atom. The molecule has 2 atom stereocenters. The topological polar surface area (TPSA) is 9.23 Å². The second-order valence-electron chi connectivity index (χ2n) is 20.0. The maximum absolute atomic E-state index is 8.75. The Hall–Kier alpha value is -2.16. The first-order valence-corrected chi connectivity index (χ1v) is 36.3. The first-order valence-electron chi connectivity index (χ1n) is 20.0. The normalized spacial score (nSPS) is 18.3. The van der Waals surface area contributed by atoms with Crippen LogP contribution in [-0.2, 0) is 31.8 Å². The SMILES string of the molecule is COc1c(C(C)(C)C)cc(-c2cccc3c2C=C(C)[CH]3[Zr]([Cl])([Cl])([CH]2C(C(C)C)=Cc3c(-c4ccc(C(C)(C)C)cc4)cccc32)[SiH](C)C)cc1C(C)(C)C. The molecule has 4 aromatic rings. The monoisotopic (exact) mass is 855 g/mol. The molecule has 54 heavy (non-hydrogen) atoms. The third kappa shape index (κ3) is 6.84. The molecule has 2 unspecified atom stereocenters. The van der Waals surface area contributed by atoms with Gasteiger partial charge in [-0.2, -0.15) is 0 Å². The minimum atomic E-state index is -4.92. The van der Waals surface area contributed by atoms with Crippen LogP contribution in [0.25, 0.3) is 34.4 Å². The molecule has 0 fully saturated rings. The number of hydrogen-bond donors (Lipinski definition) is 0.